The molecule has 3 heterocycles. The number of ether oxygens (including phenoxy) is 1. The predicted molar refractivity (Wildman–Crippen MR) is 137 cm³/mol. The molecule has 2 aliphatic rings. The summed E-state index contributed by atoms with van der Waals surface area (Å²) in [6.45, 7) is 2.05. The van der Waals surface area contributed by atoms with Gasteiger partial charge in [-0.15, -0.1) is 0 Å². The summed E-state index contributed by atoms with van der Waals surface area (Å²) in [5, 5.41) is 1.96. The fourth-order valence-electron chi connectivity index (χ4n) is 4.31. The molecule has 1 saturated heterocycles. The summed E-state index contributed by atoms with van der Waals surface area (Å²) in [5.74, 6) is -2.15. The summed E-state index contributed by atoms with van der Waals surface area (Å²) in [6.07, 6.45) is 1.32. The van der Waals surface area contributed by atoms with E-state index in [1.165, 1.54) is 12.3 Å². The summed E-state index contributed by atoms with van der Waals surface area (Å²) >= 11 is 6.44. The number of anilines is 2. The lowest BCUT2D eigenvalue weighted by Gasteiger charge is -2.37. The third kappa shape index (κ3) is 5.27. The average Bonchev–Trinajstić information content (AvgIpc) is 2.86. The first kappa shape index (κ1) is 18.2. The number of nitrogens with zero attached hydrogens (tertiary/aromatic N) is 4. The van der Waals surface area contributed by atoms with Crippen LogP contribution in [0.4, 0.5) is 16.0 Å². The largest absolute Gasteiger partial charge is 0.482 e. The first-order chi connectivity index (χ1) is 18.9. The Hall–Kier alpha value is -3.13. The van der Waals surface area contributed by atoms with Gasteiger partial charge in [-0.05, 0) is 23.8 Å². The fourth-order valence-corrected chi connectivity index (χ4v) is 4.46. The Balaban J connectivity index is 1.58. The van der Waals surface area contributed by atoms with E-state index in [2.05, 4.69) is 16.5 Å². The van der Waals surface area contributed by atoms with Gasteiger partial charge in [0, 0.05) is 60.7 Å². The van der Waals surface area contributed by atoms with Crippen LogP contribution in [0.15, 0.2) is 42.4 Å². The van der Waals surface area contributed by atoms with Crippen LogP contribution in [0.2, 0.25) is 5.02 Å². The maximum atomic E-state index is 14.7. The molecule has 35 heavy (non-hydrogen) atoms. The quantitative estimate of drug-likeness (QED) is 0.634. The lowest BCUT2D eigenvalue weighted by molar-refractivity contribution is -0.123. The highest BCUT2D eigenvalue weighted by molar-refractivity contribution is 6.31. The number of nitrogens with one attached hydrogen (secondary N) is 1. The summed E-state index contributed by atoms with van der Waals surface area (Å²) in [7, 11) is 1.70. The van der Waals surface area contributed by atoms with Crippen molar-refractivity contribution in [1.29, 1.82) is 0 Å². The van der Waals surface area contributed by atoms with Gasteiger partial charge in [-0.1, -0.05) is 38.1 Å². The third-order valence-electron chi connectivity index (χ3n) is 6.18. The maximum absolute atomic E-state index is 14.7. The Bertz CT molecular complexity index is 1390. The van der Waals surface area contributed by atoms with E-state index in [0.29, 0.717) is 41.7 Å². The van der Waals surface area contributed by atoms with Crippen molar-refractivity contribution in [1.82, 2.24) is 15.3 Å². The Morgan fingerprint density at radius 1 is 1.43 bits per heavy atom. The molecule has 1 amide bonds. The standard InChI is InChI=1S/C26H31ClFN5O2/c1-15-12-33(13-16(2)25(15)28)26-30-11-20(27)21(31-26)9-18-6-7-22-19(8-18)10-23(17(3)32(22)5)35-14-24(34)29-4/h6-8,10-11,15-16,25H,3,9,12-14H2,1-2,4-5H3,(H,29,34)/t15-,16+,25?/i4D3,14D2,25D. The molecule has 2 aromatic rings. The van der Waals surface area contributed by atoms with Crippen LogP contribution < -0.4 is 15.1 Å². The van der Waals surface area contributed by atoms with E-state index in [9.17, 15) is 9.18 Å². The first-order valence-corrected chi connectivity index (χ1v) is 11.5. The number of carbonyl (C=O) groups is 1. The minimum atomic E-state index is -2.98. The molecule has 1 aromatic heterocycles. The zero-order valence-electron chi connectivity index (χ0n) is 25.7. The van der Waals surface area contributed by atoms with Crippen LogP contribution in [-0.2, 0) is 16.0 Å². The van der Waals surface area contributed by atoms with Gasteiger partial charge in [-0.3, -0.25) is 4.79 Å². The highest BCUT2D eigenvalue weighted by Gasteiger charge is 2.33. The molecule has 9 heteroatoms. The van der Waals surface area contributed by atoms with Crippen LogP contribution in [0.5, 0.6) is 0 Å². The normalized spacial score (nSPS) is 27.3. The number of piperidine rings is 1. The molecule has 3 atom stereocenters. The molecule has 4 rings (SSSR count). The summed E-state index contributed by atoms with van der Waals surface area (Å²) in [4.78, 5) is 24.7. The fraction of sp³-hybridized carbons (Fsp3) is 0.423. The number of carbonyl (C=O) groups excluding carboxylic acids is 1. The van der Waals surface area contributed by atoms with Gasteiger partial charge >= 0.3 is 0 Å². The van der Waals surface area contributed by atoms with Gasteiger partial charge < -0.3 is 19.9 Å². The minimum absolute atomic E-state index is 0.0446. The van der Waals surface area contributed by atoms with Crippen LogP contribution in [-0.4, -0.2) is 55.7 Å². The van der Waals surface area contributed by atoms with Gasteiger partial charge in [0.25, 0.3) is 5.91 Å². The number of benzene rings is 1. The van der Waals surface area contributed by atoms with E-state index in [1.54, 1.807) is 31.1 Å². The second kappa shape index (κ2) is 10.2. The van der Waals surface area contributed by atoms with Gasteiger partial charge in [0.15, 0.2) is 6.56 Å². The van der Waals surface area contributed by atoms with E-state index >= 15 is 0 Å². The molecule has 2 aliphatic heterocycles. The molecule has 0 radical (unpaired) electrons. The maximum Gasteiger partial charge on any atom is 0.257 e. The van der Waals surface area contributed by atoms with Gasteiger partial charge in [0.2, 0.25) is 5.95 Å². The molecule has 1 N–H and O–H groups in total. The Labute approximate surface area is 219 Å². The van der Waals surface area contributed by atoms with E-state index in [0.717, 1.165) is 11.3 Å². The first-order valence-electron chi connectivity index (χ1n) is 14.1. The minimum Gasteiger partial charge on any atom is -0.482 e. The molecule has 1 fully saturated rings. The second-order valence-electron chi connectivity index (χ2n) is 8.80. The Kier molecular flexibility index (Phi) is 5.32. The number of alkyl halides is 1. The van der Waals surface area contributed by atoms with Crippen molar-refractivity contribution < 1.29 is 22.1 Å². The number of aromatic nitrogens is 2. The van der Waals surface area contributed by atoms with Gasteiger partial charge in [-0.25, -0.2) is 14.4 Å². The second-order valence-corrected chi connectivity index (χ2v) is 9.21. The van der Waals surface area contributed by atoms with E-state index in [4.69, 9.17) is 24.6 Å². The molecule has 186 valence electrons. The lowest BCUT2D eigenvalue weighted by atomic mass is 9.90. The van der Waals surface area contributed by atoms with Crippen molar-refractivity contribution >= 4 is 35.2 Å². The number of hydrogen-bond donors (Lipinski definition) is 1. The van der Waals surface area contributed by atoms with Gasteiger partial charge in [0.05, 0.1) is 26.7 Å². The average molecular weight is 506 g/mol. The number of rotatable bonds is 6. The molecule has 1 unspecified atom stereocenters. The van der Waals surface area contributed by atoms with E-state index < -0.39 is 37.4 Å². The molecule has 0 saturated carbocycles. The lowest BCUT2D eigenvalue weighted by Crippen LogP contribution is -2.46. The highest BCUT2D eigenvalue weighted by Crippen LogP contribution is 2.35. The van der Waals surface area contributed by atoms with Gasteiger partial charge in [0.1, 0.15) is 11.9 Å². The Morgan fingerprint density at radius 2 is 2.17 bits per heavy atom. The van der Waals surface area contributed by atoms with Crippen molar-refractivity contribution in [2.45, 2.75) is 26.4 Å². The number of likely N-dealkylation sites (N-methyl/N-ethyl adjacent to an activating group) is 2. The van der Waals surface area contributed by atoms with Crippen LogP contribution in [0.1, 0.15) is 38.9 Å². The number of amides is 1. The van der Waals surface area contributed by atoms with E-state index in [-0.39, 0.29) is 11.5 Å². The SMILES string of the molecule is [2H]C([2H])([2H])NC(=O)C([2H])([2H])OC1=Cc2cc(Cc3nc(N4C[C@@H](C)C([2H])(F)[C@@H](C)C4)ncc3Cl)ccc2N(C)C1=C. The molecule has 0 bridgehead atoms. The highest BCUT2D eigenvalue weighted by atomic mass is 35.5. The number of halogens is 2. The van der Waals surface area contributed by atoms with Crippen LogP contribution in [0.3, 0.4) is 0 Å². The molecule has 7 nitrogen and oxygen atoms in total. The zero-order valence-corrected chi connectivity index (χ0v) is 20.5. The Morgan fingerprint density at radius 3 is 2.89 bits per heavy atom. The monoisotopic (exact) mass is 505 g/mol. The summed E-state index contributed by atoms with van der Waals surface area (Å²) in [5.41, 5.74) is 3.01. The molecule has 0 aliphatic carbocycles. The molecular formula is C26H31ClFN5O2. The number of hydrogen-bond acceptors (Lipinski definition) is 6. The summed E-state index contributed by atoms with van der Waals surface area (Å²) in [6, 6.07) is 5.56. The van der Waals surface area contributed by atoms with Crippen molar-refractivity contribution in [3.8, 4) is 0 Å². The molecule has 1 aromatic carbocycles. The van der Waals surface area contributed by atoms with Gasteiger partial charge in [-0.2, -0.15) is 0 Å². The summed E-state index contributed by atoms with van der Waals surface area (Å²) < 4.78 is 65.4. The topological polar surface area (TPSA) is 70.6 Å². The van der Waals surface area contributed by atoms with Crippen molar-refractivity contribution in [2.24, 2.45) is 11.8 Å². The zero-order chi connectivity index (χ0) is 30.5. The van der Waals surface area contributed by atoms with E-state index in [1.807, 2.05) is 23.1 Å². The van der Waals surface area contributed by atoms with Crippen LogP contribution in [0, 0.1) is 11.8 Å². The van der Waals surface area contributed by atoms with Crippen LogP contribution >= 0.6 is 11.6 Å². The molecule has 0 spiro atoms. The van der Waals surface area contributed by atoms with Crippen molar-refractivity contribution in [2.75, 3.05) is 43.5 Å². The van der Waals surface area contributed by atoms with Crippen LogP contribution in [0.25, 0.3) is 6.08 Å². The third-order valence-corrected chi connectivity index (χ3v) is 6.50. The predicted octanol–water partition coefficient (Wildman–Crippen LogP) is 4.22. The molecular weight excluding hydrogens is 469 g/mol. The number of fused-ring (bicyclic) bond motifs is 1. The van der Waals surface area contributed by atoms with Crippen molar-refractivity contribution in [3.05, 3.63) is 64.3 Å². The van der Waals surface area contributed by atoms with Crippen molar-refractivity contribution in [3.63, 3.8) is 0 Å². The smallest absolute Gasteiger partial charge is 0.257 e.